The molecule has 0 spiro atoms. The second-order valence-electron chi connectivity index (χ2n) is 3.11. The van der Waals surface area contributed by atoms with Crippen molar-refractivity contribution in [3.8, 4) is 6.07 Å². The van der Waals surface area contributed by atoms with E-state index in [-0.39, 0.29) is 18.8 Å². The van der Waals surface area contributed by atoms with E-state index < -0.39 is 0 Å². The molecule has 1 N–H and O–H groups in total. The van der Waals surface area contributed by atoms with E-state index in [0.29, 0.717) is 12.0 Å². The van der Waals surface area contributed by atoms with Crippen LogP contribution in [0.25, 0.3) is 6.08 Å². The Morgan fingerprint density at radius 1 is 1.47 bits per heavy atom. The van der Waals surface area contributed by atoms with Gasteiger partial charge >= 0.3 is 0 Å². The smallest absolute Gasteiger partial charge is 0.130 e. The molecule has 1 rings (SSSR count). The van der Waals surface area contributed by atoms with Crippen molar-refractivity contribution in [2.24, 2.45) is 0 Å². The molecule has 0 amide bonds. The first-order valence-electron chi connectivity index (χ1n) is 4.70. The summed E-state index contributed by atoms with van der Waals surface area (Å²) < 4.78 is 13.2. The highest BCUT2D eigenvalue weighted by Crippen LogP contribution is 2.13. The zero-order valence-electron chi connectivity index (χ0n) is 8.28. The summed E-state index contributed by atoms with van der Waals surface area (Å²) in [5, 5.41) is 17.1. The van der Waals surface area contributed by atoms with E-state index in [1.165, 1.54) is 6.07 Å². The molecule has 0 fully saturated rings. The first kappa shape index (κ1) is 11.4. The monoisotopic (exact) mass is 205 g/mol. The molecular formula is C12H12FNO. The highest BCUT2D eigenvalue weighted by atomic mass is 19.1. The Labute approximate surface area is 88.3 Å². The van der Waals surface area contributed by atoms with Crippen LogP contribution in [0, 0.1) is 17.1 Å². The van der Waals surface area contributed by atoms with Crippen molar-refractivity contribution in [1.82, 2.24) is 0 Å². The Morgan fingerprint density at radius 2 is 2.27 bits per heavy atom. The van der Waals surface area contributed by atoms with E-state index in [1.54, 1.807) is 24.3 Å². The predicted octanol–water partition coefficient (Wildman–Crippen LogP) is 2.29. The molecule has 0 saturated carbocycles. The molecule has 0 aliphatic rings. The van der Waals surface area contributed by atoms with Crippen molar-refractivity contribution in [2.45, 2.75) is 12.8 Å². The molecule has 0 radical (unpaired) electrons. The van der Waals surface area contributed by atoms with E-state index in [1.807, 2.05) is 6.07 Å². The van der Waals surface area contributed by atoms with Crippen molar-refractivity contribution >= 4 is 6.08 Å². The van der Waals surface area contributed by atoms with Crippen molar-refractivity contribution in [1.29, 1.82) is 5.26 Å². The van der Waals surface area contributed by atoms with Crippen molar-refractivity contribution in [3.05, 3.63) is 41.2 Å². The quantitative estimate of drug-likeness (QED) is 0.819. The van der Waals surface area contributed by atoms with Gasteiger partial charge in [-0.3, -0.25) is 0 Å². The maximum Gasteiger partial charge on any atom is 0.130 e. The van der Waals surface area contributed by atoms with Gasteiger partial charge in [0, 0.05) is 12.2 Å². The van der Waals surface area contributed by atoms with Crippen LogP contribution in [-0.4, -0.2) is 11.7 Å². The van der Waals surface area contributed by atoms with Crippen LogP contribution in [0.4, 0.5) is 4.39 Å². The maximum absolute atomic E-state index is 13.2. The number of nitrogens with zero attached hydrogens (tertiary/aromatic N) is 1. The number of aliphatic hydroxyl groups excluding tert-OH is 1. The predicted molar refractivity (Wildman–Crippen MR) is 56.5 cm³/mol. The highest BCUT2D eigenvalue weighted by molar-refractivity contribution is 5.51. The average Bonchev–Trinajstić information content (AvgIpc) is 2.23. The second kappa shape index (κ2) is 5.94. The number of rotatable bonds is 4. The molecular weight excluding hydrogens is 193 g/mol. The Morgan fingerprint density at radius 3 is 2.93 bits per heavy atom. The maximum atomic E-state index is 13.2. The van der Waals surface area contributed by atoms with Crippen LogP contribution in [0.2, 0.25) is 0 Å². The van der Waals surface area contributed by atoms with Gasteiger partial charge in [0.1, 0.15) is 5.82 Å². The lowest BCUT2D eigenvalue weighted by atomic mass is 10.1. The molecule has 0 unspecified atom stereocenters. The molecule has 2 nitrogen and oxygen atoms in total. The number of aliphatic hydroxyl groups is 1. The highest BCUT2D eigenvalue weighted by Gasteiger charge is 1.99. The molecule has 0 saturated heterocycles. The summed E-state index contributed by atoms with van der Waals surface area (Å²) in [5.74, 6) is -0.314. The fourth-order valence-corrected chi connectivity index (χ4v) is 1.21. The van der Waals surface area contributed by atoms with E-state index in [9.17, 15) is 4.39 Å². The lowest BCUT2D eigenvalue weighted by Gasteiger charge is -1.99. The van der Waals surface area contributed by atoms with Crippen LogP contribution in [0.15, 0.2) is 24.3 Å². The first-order valence-corrected chi connectivity index (χ1v) is 4.70. The Kier molecular flexibility index (Phi) is 4.52. The molecule has 0 heterocycles. The number of nitriles is 1. The number of halogens is 1. The lowest BCUT2D eigenvalue weighted by molar-refractivity contribution is 0.303. The third-order valence-electron chi connectivity index (χ3n) is 1.94. The summed E-state index contributed by atoms with van der Waals surface area (Å²) in [5.41, 5.74) is 1.25. The normalized spacial score (nSPS) is 10.5. The van der Waals surface area contributed by atoms with Crippen LogP contribution in [0.3, 0.4) is 0 Å². The van der Waals surface area contributed by atoms with Gasteiger partial charge in [-0.25, -0.2) is 4.39 Å². The average molecular weight is 205 g/mol. The second-order valence-corrected chi connectivity index (χ2v) is 3.11. The van der Waals surface area contributed by atoms with E-state index in [4.69, 9.17) is 10.4 Å². The Hall–Kier alpha value is -1.66. The number of hydrogen-bond acceptors (Lipinski definition) is 2. The molecule has 0 aliphatic heterocycles. The Bertz CT molecular complexity index is 393. The minimum atomic E-state index is -0.314. The summed E-state index contributed by atoms with van der Waals surface area (Å²) in [7, 11) is 0. The van der Waals surface area contributed by atoms with Gasteiger partial charge in [-0.15, -0.1) is 0 Å². The minimum absolute atomic E-state index is 0.0516. The van der Waals surface area contributed by atoms with E-state index in [0.717, 1.165) is 5.56 Å². The molecule has 3 heteroatoms. The lowest BCUT2D eigenvalue weighted by Crippen LogP contribution is -1.87. The van der Waals surface area contributed by atoms with E-state index >= 15 is 0 Å². The summed E-state index contributed by atoms with van der Waals surface area (Å²) in [6.45, 7) is 0.0516. The van der Waals surface area contributed by atoms with Gasteiger partial charge in [-0.2, -0.15) is 5.26 Å². The standard InChI is InChI=1S/C12H12FNO/c13-12-5-4-10(6-7-14)9-11(12)3-1-2-8-15/h1,3-5,9,15H,2,6,8H2. The van der Waals surface area contributed by atoms with Crippen LogP contribution in [0.5, 0.6) is 0 Å². The molecule has 0 aliphatic carbocycles. The first-order chi connectivity index (χ1) is 7.27. The van der Waals surface area contributed by atoms with Crippen LogP contribution >= 0.6 is 0 Å². The van der Waals surface area contributed by atoms with Gasteiger partial charge in [-0.1, -0.05) is 18.2 Å². The van der Waals surface area contributed by atoms with Gasteiger partial charge in [0.05, 0.1) is 12.5 Å². The number of hydrogen-bond donors (Lipinski definition) is 1. The van der Waals surface area contributed by atoms with Gasteiger partial charge in [0.25, 0.3) is 0 Å². The van der Waals surface area contributed by atoms with Crippen LogP contribution < -0.4 is 0 Å². The van der Waals surface area contributed by atoms with Crippen molar-refractivity contribution in [3.63, 3.8) is 0 Å². The molecule has 15 heavy (non-hydrogen) atoms. The Balaban J connectivity index is 2.86. The van der Waals surface area contributed by atoms with Crippen LogP contribution in [-0.2, 0) is 6.42 Å². The van der Waals surface area contributed by atoms with Gasteiger partial charge in [0.2, 0.25) is 0 Å². The minimum Gasteiger partial charge on any atom is -0.396 e. The zero-order valence-corrected chi connectivity index (χ0v) is 8.28. The SMILES string of the molecule is N#CCc1ccc(F)c(C=CCCO)c1. The summed E-state index contributed by atoms with van der Waals surface area (Å²) >= 11 is 0. The van der Waals surface area contributed by atoms with Gasteiger partial charge in [0.15, 0.2) is 0 Å². The topological polar surface area (TPSA) is 44.0 Å². The fourth-order valence-electron chi connectivity index (χ4n) is 1.21. The van der Waals surface area contributed by atoms with Crippen LogP contribution in [0.1, 0.15) is 17.5 Å². The van der Waals surface area contributed by atoms with Gasteiger partial charge in [-0.05, 0) is 24.1 Å². The van der Waals surface area contributed by atoms with Gasteiger partial charge < -0.3 is 5.11 Å². The molecule has 78 valence electrons. The molecule has 1 aromatic carbocycles. The van der Waals surface area contributed by atoms with Crippen molar-refractivity contribution < 1.29 is 9.50 Å². The summed E-state index contributed by atoms with van der Waals surface area (Å²) in [6.07, 6.45) is 4.10. The largest absolute Gasteiger partial charge is 0.396 e. The third-order valence-corrected chi connectivity index (χ3v) is 1.94. The molecule has 0 atom stereocenters. The molecule has 0 bridgehead atoms. The third kappa shape index (κ3) is 3.53. The molecule has 0 aromatic heterocycles. The summed E-state index contributed by atoms with van der Waals surface area (Å²) in [6, 6.07) is 6.61. The van der Waals surface area contributed by atoms with Crippen molar-refractivity contribution in [2.75, 3.05) is 6.61 Å². The fraction of sp³-hybridized carbons (Fsp3) is 0.250. The number of benzene rings is 1. The van der Waals surface area contributed by atoms with E-state index in [2.05, 4.69) is 0 Å². The summed E-state index contributed by atoms with van der Waals surface area (Å²) in [4.78, 5) is 0. The molecule has 1 aromatic rings. The zero-order chi connectivity index (χ0) is 11.1.